The van der Waals surface area contributed by atoms with Gasteiger partial charge in [-0.05, 0) is 18.2 Å². The third-order valence-electron chi connectivity index (χ3n) is 2.28. The zero-order valence-corrected chi connectivity index (χ0v) is 10.5. The Morgan fingerprint density at radius 1 is 1.24 bits per heavy atom. The fourth-order valence-corrected chi connectivity index (χ4v) is 1.44. The van der Waals surface area contributed by atoms with E-state index >= 15 is 0 Å². The molecule has 0 atom stereocenters. The molecule has 1 aromatic rings. The van der Waals surface area contributed by atoms with Gasteiger partial charge in [0.15, 0.2) is 0 Å². The van der Waals surface area contributed by atoms with Crippen LogP contribution in [0.25, 0.3) is 0 Å². The molecule has 110 valence electrons. The molecule has 0 aliphatic heterocycles. The van der Waals surface area contributed by atoms with Crippen LogP contribution >= 0.6 is 0 Å². The Balaban J connectivity index is 2.93. The van der Waals surface area contributed by atoms with Crippen molar-refractivity contribution >= 4 is 23.7 Å². The SMILES string of the molecule is N#Cc1cc(F)ccc1NC(=O)N(CC(=O)O)CC(=O)O. The van der Waals surface area contributed by atoms with Gasteiger partial charge >= 0.3 is 18.0 Å². The maximum absolute atomic E-state index is 12.9. The summed E-state index contributed by atoms with van der Waals surface area (Å²) < 4.78 is 12.9. The largest absolute Gasteiger partial charge is 0.480 e. The maximum atomic E-state index is 12.9. The minimum atomic E-state index is -1.40. The van der Waals surface area contributed by atoms with Crippen molar-refractivity contribution in [2.24, 2.45) is 0 Å². The number of nitrogens with zero attached hydrogens (tertiary/aromatic N) is 2. The van der Waals surface area contributed by atoms with Gasteiger partial charge in [0.25, 0.3) is 0 Å². The molecule has 1 aromatic carbocycles. The van der Waals surface area contributed by atoms with Gasteiger partial charge in [0.1, 0.15) is 25.0 Å². The quantitative estimate of drug-likeness (QED) is 0.732. The van der Waals surface area contributed by atoms with Gasteiger partial charge in [-0.1, -0.05) is 0 Å². The van der Waals surface area contributed by atoms with Gasteiger partial charge in [-0.2, -0.15) is 5.26 Å². The highest BCUT2D eigenvalue weighted by Crippen LogP contribution is 2.16. The van der Waals surface area contributed by atoms with Crippen LogP contribution in [0.3, 0.4) is 0 Å². The van der Waals surface area contributed by atoms with Gasteiger partial charge in [0.05, 0.1) is 11.3 Å². The summed E-state index contributed by atoms with van der Waals surface area (Å²) in [7, 11) is 0. The van der Waals surface area contributed by atoms with Crippen molar-refractivity contribution in [3.63, 3.8) is 0 Å². The number of carbonyl (C=O) groups excluding carboxylic acids is 1. The molecule has 0 fully saturated rings. The molecule has 0 heterocycles. The number of carboxylic acids is 2. The molecule has 9 heteroatoms. The molecule has 0 saturated carbocycles. The van der Waals surface area contributed by atoms with Gasteiger partial charge in [0.2, 0.25) is 0 Å². The molecular formula is C12H10FN3O5. The first-order valence-corrected chi connectivity index (χ1v) is 5.52. The molecule has 0 aliphatic carbocycles. The van der Waals surface area contributed by atoms with Crippen LogP contribution in [0.4, 0.5) is 14.9 Å². The van der Waals surface area contributed by atoms with Crippen LogP contribution in [0.1, 0.15) is 5.56 Å². The summed E-state index contributed by atoms with van der Waals surface area (Å²) in [4.78, 5) is 33.5. The van der Waals surface area contributed by atoms with Crippen LogP contribution < -0.4 is 5.32 Å². The maximum Gasteiger partial charge on any atom is 0.323 e. The van der Waals surface area contributed by atoms with E-state index in [4.69, 9.17) is 15.5 Å². The number of aliphatic carboxylic acids is 2. The number of halogens is 1. The number of hydrogen-bond acceptors (Lipinski definition) is 4. The average Bonchev–Trinajstić information content (AvgIpc) is 2.38. The Bertz CT molecular complexity index is 610. The fraction of sp³-hybridized carbons (Fsp3) is 0.167. The van der Waals surface area contributed by atoms with Crippen LogP contribution in [0, 0.1) is 17.1 Å². The number of benzene rings is 1. The number of urea groups is 1. The number of hydrogen-bond donors (Lipinski definition) is 3. The lowest BCUT2D eigenvalue weighted by Crippen LogP contribution is -2.42. The van der Waals surface area contributed by atoms with Crippen LogP contribution in [0.2, 0.25) is 0 Å². The summed E-state index contributed by atoms with van der Waals surface area (Å²) in [5, 5.41) is 28.3. The minimum absolute atomic E-state index is 0.0512. The number of carbonyl (C=O) groups is 3. The first kappa shape index (κ1) is 15.9. The third kappa shape index (κ3) is 4.79. The Morgan fingerprint density at radius 2 is 1.81 bits per heavy atom. The number of anilines is 1. The summed E-state index contributed by atoms with van der Waals surface area (Å²) in [6.07, 6.45) is 0. The van der Waals surface area contributed by atoms with E-state index in [2.05, 4.69) is 5.32 Å². The van der Waals surface area contributed by atoms with E-state index in [0.29, 0.717) is 4.90 Å². The zero-order chi connectivity index (χ0) is 16.0. The van der Waals surface area contributed by atoms with E-state index in [0.717, 1.165) is 18.2 Å². The average molecular weight is 295 g/mol. The van der Waals surface area contributed by atoms with Crippen molar-refractivity contribution in [1.29, 1.82) is 5.26 Å². The highest BCUT2D eigenvalue weighted by molar-refractivity contribution is 5.94. The summed E-state index contributed by atoms with van der Waals surface area (Å²) >= 11 is 0. The van der Waals surface area contributed by atoms with E-state index < -0.39 is 36.9 Å². The lowest BCUT2D eigenvalue weighted by Gasteiger charge is -2.19. The fourth-order valence-electron chi connectivity index (χ4n) is 1.44. The monoisotopic (exact) mass is 295 g/mol. The smallest absolute Gasteiger partial charge is 0.323 e. The lowest BCUT2D eigenvalue weighted by atomic mass is 10.2. The summed E-state index contributed by atoms with van der Waals surface area (Å²) in [5.74, 6) is -3.48. The van der Waals surface area contributed by atoms with E-state index in [1.54, 1.807) is 6.07 Å². The zero-order valence-electron chi connectivity index (χ0n) is 10.5. The third-order valence-corrected chi connectivity index (χ3v) is 2.28. The molecule has 0 bridgehead atoms. The number of nitrogens with one attached hydrogen (secondary N) is 1. The molecule has 21 heavy (non-hydrogen) atoms. The number of carboxylic acid groups (broad SMARTS) is 2. The van der Waals surface area contributed by atoms with Crippen molar-refractivity contribution in [2.75, 3.05) is 18.4 Å². The number of nitriles is 1. The first-order valence-electron chi connectivity index (χ1n) is 5.52. The minimum Gasteiger partial charge on any atom is -0.480 e. The van der Waals surface area contributed by atoms with E-state index in [1.165, 1.54) is 0 Å². The van der Waals surface area contributed by atoms with Crippen molar-refractivity contribution in [1.82, 2.24) is 4.90 Å². The molecule has 3 N–H and O–H groups in total. The first-order chi connectivity index (χ1) is 9.83. The molecule has 0 saturated heterocycles. The highest BCUT2D eigenvalue weighted by atomic mass is 19.1. The van der Waals surface area contributed by atoms with Crippen LogP contribution in [-0.2, 0) is 9.59 Å². The molecular weight excluding hydrogens is 285 g/mol. The molecule has 0 aliphatic rings. The Hall–Kier alpha value is -3.15. The summed E-state index contributed by atoms with van der Waals surface area (Å²) in [6, 6.07) is 3.63. The number of amides is 2. The van der Waals surface area contributed by atoms with Gasteiger partial charge in [-0.25, -0.2) is 9.18 Å². The van der Waals surface area contributed by atoms with Crippen LogP contribution in [0.15, 0.2) is 18.2 Å². The molecule has 0 aromatic heterocycles. The predicted octanol–water partition coefficient (Wildman–Crippen LogP) is 0.700. The topological polar surface area (TPSA) is 131 Å². The molecule has 1 rings (SSSR count). The summed E-state index contributed by atoms with van der Waals surface area (Å²) in [6.45, 7) is -1.66. The molecule has 8 nitrogen and oxygen atoms in total. The van der Waals surface area contributed by atoms with E-state index in [9.17, 15) is 18.8 Å². The normalized spacial score (nSPS) is 9.52. The van der Waals surface area contributed by atoms with Gasteiger partial charge < -0.3 is 20.4 Å². The second kappa shape index (κ2) is 6.85. The summed E-state index contributed by atoms with van der Waals surface area (Å²) in [5.41, 5.74) is -0.223. The Labute approximate surface area is 118 Å². The van der Waals surface area contributed by atoms with Crippen molar-refractivity contribution in [3.05, 3.63) is 29.6 Å². The van der Waals surface area contributed by atoms with Crippen LogP contribution in [-0.4, -0.2) is 46.2 Å². The van der Waals surface area contributed by atoms with E-state index in [1.807, 2.05) is 0 Å². The molecule has 2 amide bonds. The second-order valence-corrected chi connectivity index (χ2v) is 3.88. The number of rotatable bonds is 5. The predicted molar refractivity (Wildman–Crippen MR) is 67.0 cm³/mol. The van der Waals surface area contributed by atoms with Gasteiger partial charge in [-0.3, -0.25) is 9.59 Å². The van der Waals surface area contributed by atoms with Crippen molar-refractivity contribution < 1.29 is 29.0 Å². The van der Waals surface area contributed by atoms with E-state index in [-0.39, 0.29) is 11.3 Å². The van der Waals surface area contributed by atoms with Crippen molar-refractivity contribution in [2.45, 2.75) is 0 Å². The lowest BCUT2D eigenvalue weighted by molar-refractivity contribution is -0.140. The Kier molecular flexibility index (Phi) is 5.19. The van der Waals surface area contributed by atoms with Crippen molar-refractivity contribution in [3.8, 4) is 6.07 Å². The standard InChI is InChI=1S/C12H10FN3O5/c13-8-1-2-9(7(3-8)4-14)15-12(21)16(5-10(17)18)6-11(19)20/h1-3H,5-6H2,(H,15,21)(H,17,18)(H,19,20). The van der Waals surface area contributed by atoms with Gasteiger partial charge in [0, 0.05) is 0 Å². The molecule has 0 spiro atoms. The molecule has 0 radical (unpaired) electrons. The molecule has 0 unspecified atom stereocenters. The second-order valence-electron chi connectivity index (χ2n) is 3.88. The highest BCUT2D eigenvalue weighted by Gasteiger charge is 2.20. The van der Waals surface area contributed by atoms with Gasteiger partial charge in [-0.15, -0.1) is 0 Å². The Morgan fingerprint density at radius 3 is 2.29 bits per heavy atom. The van der Waals surface area contributed by atoms with Crippen LogP contribution in [0.5, 0.6) is 0 Å².